The lowest BCUT2D eigenvalue weighted by atomic mass is 9.78. The molecule has 0 spiro atoms. The first-order chi connectivity index (χ1) is 13.4. The fourth-order valence-corrected chi connectivity index (χ4v) is 3.31. The topological polar surface area (TPSA) is 81.4 Å². The number of anilines is 1. The molecule has 0 fully saturated rings. The molecule has 0 saturated heterocycles. The molecule has 148 valence electrons. The van der Waals surface area contributed by atoms with Gasteiger partial charge in [0.05, 0.1) is 13.2 Å². The zero-order chi connectivity index (χ0) is 20.0. The van der Waals surface area contributed by atoms with Crippen molar-refractivity contribution in [2.24, 2.45) is 10.4 Å². The molecule has 0 aliphatic heterocycles. The Balaban J connectivity index is 1.67. The fraction of sp³-hybridized carbons (Fsp3) is 0.429. The molecular formula is C21H27N5O2. The standard InChI is InChI=1S/C21H27N5O2/c1-4-28-20(27)12-23-18-9-19(11-21(2,3)10-18)25-17-7-5-16(6-8-17)13-26-15-22-14-24-26/h5-9,14-15,25H,4,10-13H2,1-3H3. The number of allylic oxidation sites excluding steroid dienone is 2. The molecule has 0 saturated carbocycles. The van der Waals surface area contributed by atoms with Gasteiger partial charge in [-0.25, -0.2) is 9.67 Å². The Morgan fingerprint density at radius 2 is 2.07 bits per heavy atom. The van der Waals surface area contributed by atoms with Crippen LogP contribution in [0.1, 0.15) is 39.2 Å². The number of aromatic nitrogens is 3. The van der Waals surface area contributed by atoms with E-state index >= 15 is 0 Å². The SMILES string of the molecule is CCOC(=O)CN=C1C=C(Nc2ccc(Cn3cncn3)cc2)CC(C)(C)C1. The summed E-state index contributed by atoms with van der Waals surface area (Å²) in [4.78, 5) is 20.0. The van der Waals surface area contributed by atoms with Gasteiger partial charge in [-0.3, -0.25) is 9.79 Å². The lowest BCUT2D eigenvalue weighted by Gasteiger charge is -2.31. The minimum absolute atomic E-state index is 0.0695. The number of esters is 1. The third-order valence-electron chi connectivity index (χ3n) is 4.46. The summed E-state index contributed by atoms with van der Waals surface area (Å²) in [5, 5.41) is 7.62. The van der Waals surface area contributed by atoms with E-state index in [4.69, 9.17) is 4.74 Å². The van der Waals surface area contributed by atoms with Gasteiger partial charge in [0.25, 0.3) is 0 Å². The Kier molecular flexibility index (Phi) is 6.23. The Morgan fingerprint density at radius 1 is 1.29 bits per heavy atom. The molecule has 7 heteroatoms. The van der Waals surface area contributed by atoms with E-state index in [0.717, 1.165) is 35.5 Å². The number of rotatable bonds is 7. The number of benzene rings is 1. The predicted octanol–water partition coefficient (Wildman–Crippen LogP) is 3.45. The van der Waals surface area contributed by atoms with Crippen LogP contribution in [0.5, 0.6) is 0 Å². The molecule has 3 rings (SSSR count). The summed E-state index contributed by atoms with van der Waals surface area (Å²) in [6.45, 7) is 7.37. The first-order valence-corrected chi connectivity index (χ1v) is 9.51. The summed E-state index contributed by atoms with van der Waals surface area (Å²) < 4.78 is 6.76. The Labute approximate surface area is 165 Å². The fourth-order valence-electron chi connectivity index (χ4n) is 3.31. The van der Waals surface area contributed by atoms with Crippen LogP contribution in [0.3, 0.4) is 0 Å². The van der Waals surface area contributed by atoms with Gasteiger partial charge in [0, 0.05) is 17.1 Å². The molecule has 1 aliphatic rings. The maximum Gasteiger partial charge on any atom is 0.327 e. The molecule has 1 heterocycles. The van der Waals surface area contributed by atoms with Crippen molar-refractivity contribution in [3.05, 3.63) is 54.3 Å². The molecule has 2 aromatic rings. The summed E-state index contributed by atoms with van der Waals surface area (Å²) in [5.41, 5.74) is 4.29. The van der Waals surface area contributed by atoms with Gasteiger partial charge >= 0.3 is 5.97 Å². The monoisotopic (exact) mass is 381 g/mol. The second kappa shape index (κ2) is 8.82. The van der Waals surface area contributed by atoms with E-state index in [1.54, 1.807) is 17.9 Å². The van der Waals surface area contributed by atoms with Crippen molar-refractivity contribution in [3.8, 4) is 0 Å². The van der Waals surface area contributed by atoms with Gasteiger partial charge in [-0.2, -0.15) is 5.10 Å². The average molecular weight is 381 g/mol. The maximum absolute atomic E-state index is 11.6. The Morgan fingerprint density at radius 3 is 2.75 bits per heavy atom. The molecule has 7 nitrogen and oxygen atoms in total. The third-order valence-corrected chi connectivity index (χ3v) is 4.46. The van der Waals surface area contributed by atoms with Crippen LogP contribution in [-0.2, 0) is 16.1 Å². The number of hydrogen-bond donors (Lipinski definition) is 1. The minimum atomic E-state index is -0.288. The zero-order valence-corrected chi connectivity index (χ0v) is 16.7. The summed E-state index contributed by atoms with van der Waals surface area (Å²) in [6.07, 6.45) is 7.06. The van der Waals surface area contributed by atoms with E-state index in [1.807, 2.05) is 6.08 Å². The highest BCUT2D eigenvalue weighted by atomic mass is 16.5. The van der Waals surface area contributed by atoms with Crippen molar-refractivity contribution in [3.63, 3.8) is 0 Å². The van der Waals surface area contributed by atoms with Crippen molar-refractivity contribution in [1.82, 2.24) is 14.8 Å². The summed E-state index contributed by atoms with van der Waals surface area (Å²) in [5.74, 6) is -0.288. The van der Waals surface area contributed by atoms with Crippen LogP contribution >= 0.6 is 0 Å². The Bertz CT molecular complexity index is 851. The van der Waals surface area contributed by atoms with Crippen molar-refractivity contribution < 1.29 is 9.53 Å². The van der Waals surface area contributed by atoms with Gasteiger partial charge in [-0.15, -0.1) is 0 Å². The molecule has 0 radical (unpaired) electrons. The van der Waals surface area contributed by atoms with Crippen LogP contribution in [0.15, 0.2) is 53.7 Å². The summed E-state index contributed by atoms with van der Waals surface area (Å²) in [7, 11) is 0. The van der Waals surface area contributed by atoms with Gasteiger partial charge in [0.1, 0.15) is 19.2 Å². The Hall–Kier alpha value is -2.96. The van der Waals surface area contributed by atoms with E-state index in [-0.39, 0.29) is 17.9 Å². The predicted molar refractivity (Wildman–Crippen MR) is 109 cm³/mol. The molecule has 28 heavy (non-hydrogen) atoms. The van der Waals surface area contributed by atoms with Crippen molar-refractivity contribution >= 4 is 17.4 Å². The molecule has 1 N–H and O–H groups in total. The van der Waals surface area contributed by atoms with Crippen LogP contribution in [0.25, 0.3) is 0 Å². The maximum atomic E-state index is 11.6. The molecule has 0 bridgehead atoms. The normalized spacial score (nSPS) is 17.2. The largest absolute Gasteiger partial charge is 0.465 e. The van der Waals surface area contributed by atoms with Gasteiger partial charge in [0.2, 0.25) is 0 Å². The van der Waals surface area contributed by atoms with Crippen molar-refractivity contribution in [1.29, 1.82) is 0 Å². The highest BCUT2D eigenvalue weighted by molar-refractivity contribution is 5.98. The number of nitrogens with one attached hydrogen (secondary N) is 1. The molecule has 0 unspecified atom stereocenters. The second-order valence-corrected chi connectivity index (χ2v) is 7.71. The lowest BCUT2D eigenvalue weighted by Crippen LogP contribution is -2.25. The van der Waals surface area contributed by atoms with Gasteiger partial charge in [-0.05, 0) is 49.0 Å². The van der Waals surface area contributed by atoms with Gasteiger partial charge in [0.15, 0.2) is 0 Å². The summed E-state index contributed by atoms with van der Waals surface area (Å²) in [6, 6.07) is 8.27. The number of nitrogens with zero attached hydrogens (tertiary/aromatic N) is 4. The molecule has 1 aromatic carbocycles. The van der Waals surface area contributed by atoms with Crippen LogP contribution in [0.2, 0.25) is 0 Å². The van der Waals surface area contributed by atoms with Crippen molar-refractivity contribution in [2.45, 2.75) is 40.2 Å². The van der Waals surface area contributed by atoms with Gasteiger partial charge in [-0.1, -0.05) is 26.0 Å². The third kappa shape index (κ3) is 5.77. The lowest BCUT2D eigenvalue weighted by molar-refractivity contribution is -0.141. The van der Waals surface area contributed by atoms with E-state index in [1.165, 1.54) is 6.33 Å². The van der Waals surface area contributed by atoms with Crippen LogP contribution in [0.4, 0.5) is 5.69 Å². The minimum Gasteiger partial charge on any atom is -0.465 e. The number of ether oxygens (including phenoxy) is 1. The second-order valence-electron chi connectivity index (χ2n) is 7.71. The summed E-state index contributed by atoms with van der Waals surface area (Å²) >= 11 is 0. The average Bonchev–Trinajstić information content (AvgIpc) is 3.14. The zero-order valence-electron chi connectivity index (χ0n) is 16.7. The van der Waals surface area contributed by atoms with E-state index in [9.17, 15) is 4.79 Å². The first kappa shape index (κ1) is 19.8. The number of hydrogen-bond acceptors (Lipinski definition) is 6. The molecule has 1 aliphatic carbocycles. The van der Waals surface area contributed by atoms with Crippen LogP contribution < -0.4 is 5.32 Å². The smallest absolute Gasteiger partial charge is 0.327 e. The van der Waals surface area contributed by atoms with Crippen LogP contribution in [-0.4, -0.2) is 39.6 Å². The van der Waals surface area contributed by atoms with Crippen molar-refractivity contribution in [2.75, 3.05) is 18.5 Å². The molecule has 0 atom stereocenters. The molecular weight excluding hydrogens is 354 g/mol. The first-order valence-electron chi connectivity index (χ1n) is 9.51. The number of aliphatic imine (C=N–C) groups is 1. The molecule has 0 amide bonds. The van der Waals surface area contributed by atoms with Crippen LogP contribution in [0, 0.1) is 5.41 Å². The van der Waals surface area contributed by atoms with E-state index in [0.29, 0.717) is 13.2 Å². The highest BCUT2D eigenvalue weighted by Crippen LogP contribution is 2.34. The highest BCUT2D eigenvalue weighted by Gasteiger charge is 2.26. The quantitative estimate of drug-likeness (QED) is 0.743. The van der Waals surface area contributed by atoms with Gasteiger partial charge < -0.3 is 10.1 Å². The molecule has 1 aromatic heterocycles. The number of carbonyl (C=O) groups is 1. The van der Waals surface area contributed by atoms with E-state index < -0.39 is 0 Å². The van der Waals surface area contributed by atoms with E-state index in [2.05, 4.69) is 58.5 Å². The number of carbonyl (C=O) groups excluding carboxylic acids is 1.